The highest BCUT2D eigenvalue weighted by Crippen LogP contribution is 2.42. The number of aromatic nitrogens is 4. The number of hydrogen-bond acceptors (Lipinski definition) is 8. The van der Waals surface area contributed by atoms with E-state index in [-0.39, 0.29) is 11.9 Å². The second-order valence-corrected chi connectivity index (χ2v) is 10.4. The summed E-state index contributed by atoms with van der Waals surface area (Å²) in [6.45, 7) is 8.08. The lowest BCUT2D eigenvalue weighted by atomic mass is 10.1. The number of aryl methyl sites for hydroxylation is 2. The minimum absolute atomic E-state index is 0.0636. The van der Waals surface area contributed by atoms with Gasteiger partial charge in [0.15, 0.2) is 5.75 Å². The standard InChI is InChI=1S/C31H29N7O3/c1-4-28(39)38-12-11-37-15-21(38)16-40-30-26(37)9-7-23-29(30)31(33-17-32-23)35-20-5-10-27(19(2)13-20)41-22-6-8-25-24(14-22)34-18-36(25)3/h4-10,13-14,17-18,21H,1,11-12,15-16H2,2-3H3,(H,32,33,35)/t21-/m0/s1. The maximum Gasteiger partial charge on any atom is 0.246 e. The molecule has 1 atom stereocenters. The molecule has 3 aromatic carbocycles. The van der Waals surface area contributed by atoms with Gasteiger partial charge in [0.1, 0.15) is 30.3 Å². The van der Waals surface area contributed by atoms with E-state index in [0.717, 1.165) is 56.1 Å². The predicted octanol–water partition coefficient (Wildman–Crippen LogP) is 4.96. The van der Waals surface area contributed by atoms with Crippen molar-refractivity contribution in [3.63, 3.8) is 0 Å². The number of ether oxygens (including phenoxy) is 2. The number of carbonyl (C=O) groups is 1. The van der Waals surface area contributed by atoms with E-state index in [0.29, 0.717) is 32.1 Å². The van der Waals surface area contributed by atoms with Gasteiger partial charge in [-0.1, -0.05) is 6.58 Å². The first kappa shape index (κ1) is 24.9. The number of rotatable bonds is 5. The van der Waals surface area contributed by atoms with Crippen molar-refractivity contribution >= 4 is 45.0 Å². The van der Waals surface area contributed by atoms with E-state index in [9.17, 15) is 4.79 Å². The highest BCUT2D eigenvalue weighted by Gasteiger charge is 2.34. The van der Waals surface area contributed by atoms with Crippen molar-refractivity contribution in [3.8, 4) is 17.2 Å². The molecule has 0 aliphatic carbocycles. The maximum atomic E-state index is 12.4. The highest BCUT2D eigenvalue weighted by molar-refractivity contribution is 6.00. The van der Waals surface area contributed by atoms with Crippen molar-refractivity contribution in [1.82, 2.24) is 24.4 Å². The van der Waals surface area contributed by atoms with Crippen molar-refractivity contribution in [2.75, 3.05) is 36.5 Å². The Morgan fingerprint density at radius 1 is 1.10 bits per heavy atom. The van der Waals surface area contributed by atoms with Crippen LogP contribution in [0, 0.1) is 6.92 Å². The van der Waals surface area contributed by atoms with Crippen molar-refractivity contribution in [2.24, 2.45) is 7.05 Å². The predicted molar refractivity (Wildman–Crippen MR) is 158 cm³/mol. The quantitative estimate of drug-likeness (QED) is 0.309. The summed E-state index contributed by atoms with van der Waals surface area (Å²) < 4.78 is 14.6. The number of carbonyl (C=O) groups excluding carboxylic acids is 1. The number of fused-ring (bicyclic) bond motifs is 7. The fraction of sp³-hybridized carbons (Fsp3) is 0.226. The molecule has 0 saturated carbocycles. The second-order valence-electron chi connectivity index (χ2n) is 10.4. The summed E-state index contributed by atoms with van der Waals surface area (Å²) in [5.41, 5.74) is 5.53. The van der Waals surface area contributed by atoms with Crippen LogP contribution in [-0.4, -0.2) is 62.6 Å². The van der Waals surface area contributed by atoms with Crippen LogP contribution in [0.2, 0.25) is 0 Å². The van der Waals surface area contributed by atoms with Crippen LogP contribution in [0.4, 0.5) is 17.2 Å². The molecule has 10 nitrogen and oxygen atoms in total. The van der Waals surface area contributed by atoms with Gasteiger partial charge in [-0.2, -0.15) is 0 Å². The molecule has 0 unspecified atom stereocenters. The third-order valence-corrected chi connectivity index (χ3v) is 7.80. The van der Waals surface area contributed by atoms with Crippen molar-refractivity contribution in [3.05, 3.63) is 79.4 Å². The van der Waals surface area contributed by atoms with Gasteiger partial charge in [0.25, 0.3) is 0 Å². The molecule has 1 amide bonds. The average molecular weight is 548 g/mol. The van der Waals surface area contributed by atoms with Crippen molar-refractivity contribution in [2.45, 2.75) is 13.0 Å². The largest absolute Gasteiger partial charge is 0.488 e. The van der Waals surface area contributed by atoms with Crippen LogP contribution in [0.15, 0.2) is 73.8 Å². The van der Waals surface area contributed by atoms with Gasteiger partial charge < -0.3 is 29.2 Å². The van der Waals surface area contributed by atoms with Crippen LogP contribution in [0.1, 0.15) is 5.56 Å². The normalized spacial score (nSPS) is 16.2. The SMILES string of the molecule is C=CC(=O)N1CCN2C[C@H]1COc1c2ccc2ncnc(Nc3ccc(Oc4ccc5c(c4)ncn5C)c(C)c3)c12. The zero-order chi connectivity index (χ0) is 28.1. The molecule has 0 radical (unpaired) electrons. The number of piperazine rings is 1. The van der Waals surface area contributed by atoms with Gasteiger partial charge in [0.2, 0.25) is 5.91 Å². The van der Waals surface area contributed by atoms with Crippen LogP contribution in [0.5, 0.6) is 17.2 Å². The maximum absolute atomic E-state index is 12.4. The van der Waals surface area contributed by atoms with E-state index in [1.54, 1.807) is 12.7 Å². The summed E-state index contributed by atoms with van der Waals surface area (Å²) in [7, 11) is 1.97. The summed E-state index contributed by atoms with van der Waals surface area (Å²) in [4.78, 5) is 30.1. The van der Waals surface area contributed by atoms with Gasteiger partial charge in [-0.05, 0) is 61.0 Å². The Labute approximate surface area is 236 Å². The Morgan fingerprint density at radius 2 is 2.00 bits per heavy atom. The molecule has 5 aromatic rings. The van der Waals surface area contributed by atoms with Gasteiger partial charge >= 0.3 is 0 Å². The summed E-state index contributed by atoms with van der Waals surface area (Å²) in [5.74, 6) is 2.80. The van der Waals surface area contributed by atoms with E-state index in [1.165, 1.54) is 6.08 Å². The molecule has 10 heteroatoms. The highest BCUT2D eigenvalue weighted by atomic mass is 16.5. The molecule has 2 aliphatic heterocycles. The van der Waals surface area contributed by atoms with Crippen LogP contribution >= 0.6 is 0 Å². The molecule has 1 saturated heterocycles. The van der Waals surface area contributed by atoms with E-state index < -0.39 is 0 Å². The summed E-state index contributed by atoms with van der Waals surface area (Å²) in [5, 5.41) is 4.28. The number of nitrogens with one attached hydrogen (secondary N) is 1. The van der Waals surface area contributed by atoms with Crippen molar-refractivity contribution < 1.29 is 14.3 Å². The minimum Gasteiger partial charge on any atom is -0.488 e. The first-order valence-electron chi connectivity index (χ1n) is 13.5. The van der Waals surface area contributed by atoms with Crippen LogP contribution in [0.3, 0.4) is 0 Å². The Morgan fingerprint density at radius 3 is 2.85 bits per heavy atom. The van der Waals surface area contributed by atoms with E-state index >= 15 is 0 Å². The Hall–Kier alpha value is -5.12. The summed E-state index contributed by atoms with van der Waals surface area (Å²) >= 11 is 0. The first-order chi connectivity index (χ1) is 20.0. The fourth-order valence-corrected chi connectivity index (χ4v) is 5.69. The summed E-state index contributed by atoms with van der Waals surface area (Å²) in [6.07, 6.45) is 4.72. The Bertz CT molecular complexity index is 1830. The van der Waals surface area contributed by atoms with E-state index in [4.69, 9.17) is 9.47 Å². The van der Waals surface area contributed by atoms with Gasteiger partial charge in [0, 0.05) is 38.4 Å². The van der Waals surface area contributed by atoms with E-state index in [2.05, 4.69) is 31.7 Å². The average Bonchev–Trinajstić information content (AvgIpc) is 3.29. The topological polar surface area (TPSA) is 97.6 Å². The lowest BCUT2D eigenvalue weighted by molar-refractivity contribution is -0.129. The number of anilines is 3. The monoisotopic (exact) mass is 547 g/mol. The molecule has 1 N–H and O–H groups in total. The van der Waals surface area contributed by atoms with Gasteiger partial charge in [-0.25, -0.2) is 15.0 Å². The molecule has 41 heavy (non-hydrogen) atoms. The first-order valence-corrected chi connectivity index (χ1v) is 13.5. The number of amides is 1. The number of imidazole rings is 1. The molecule has 2 aromatic heterocycles. The molecular formula is C31H29N7O3. The van der Waals surface area contributed by atoms with Gasteiger partial charge in [-0.15, -0.1) is 0 Å². The minimum atomic E-state index is -0.0696. The fourth-order valence-electron chi connectivity index (χ4n) is 5.69. The molecule has 4 heterocycles. The third-order valence-electron chi connectivity index (χ3n) is 7.80. The molecule has 206 valence electrons. The Balaban J connectivity index is 1.18. The molecule has 2 aliphatic rings. The summed E-state index contributed by atoms with van der Waals surface area (Å²) in [6, 6.07) is 15.8. The van der Waals surface area contributed by atoms with Crippen LogP contribution in [0.25, 0.3) is 21.9 Å². The number of hydrogen-bond donors (Lipinski definition) is 1. The van der Waals surface area contributed by atoms with Crippen LogP contribution < -0.4 is 19.7 Å². The zero-order valence-electron chi connectivity index (χ0n) is 22.9. The molecule has 2 bridgehead atoms. The van der Waals surface area contributed by atoms with E-state index in [1.807, 2.05) is 72.0 Å². The molecular weight excluding hydrogens is 518 g/mol. The number of benzene rings is 3. The molecule has 1 fully saturated rings. The van der Waals surface area contributed by atoms with Crippen molar-refractivity contribution in [1.29, 1.82) is 0 Å². The number of nitrogens with zero attached hydrogens (tertiary/aromatic N) is 6. The van der Waals surface area contributed by atoms with Gasteiger partial charge in [-0.3, -0.25) is 4.79 Å². The van der Waals surface area contributed by atoms with Crippen LogP contribution in [-0.2, 0) is 11.8 Å². The zero-order valence-corrected chi connectivity index (χ0v) is 22.9. The lowest BCUT2D eigenvalue weighted by Crippen LogP contribution is -2.56. The molecule has 7 rings (SSSR count). The Kier molecular flexibility index (Phi) is 5.96. The second kappa shape index (κ2) is 9.81. The van der Waals surface area contributed by atoms with Gasteiger partial charge in [0.05, 0.1) is 40.0 Å². The smallest absolute Gasteiger partial charge is 0.246 e. The third kappa shape index (κ3) is 4.37. The molecule has 0 spiro atoms. The lowest BCUT2D eigenvalue weighted by Gasteiger charge is -2.39.